The van der Waals surface area contributed by atoms with Gasteiger partial charge in [0.2, 0.25) is 6.54 Å². The summed E-state index contributed by atoms with van der Waals surface area (Å²) in [6.45, 7) is 4.58. The number of hydrogen-bond donors (Lipinski definition) is 1. The maximum atomic E-state index is 11.8. The molecule has 23 heavy (non-hydrogen) atoms. The van der Waals surface area contributed by atoms with E-state index in [1.54, 1.807) is 20.8 Å². The Balaban J connectivity index is 2.91. The molecule has 0 aromatic heterocycles. The second kappa shape index (κ2) is 7.57. The smallest absolute Gasteiger partial charge is 0.408 e. The summed E-state index contributed by atoms with van der Waals surface area (Å²) in [7, 11) is 1.26. The molecule has 1 rings (SSSR count). The summed E-state index contributed by atoms with van der Waals surface area (Å²) in [5.74, 6) is -0.512. The minimum atomic E-state index is -0.869. The fourth-order valence-electron chi connectivity index (χ4n) is 1.80. The number of amides is 1. The molecule has 0 aliphatic heterocycles. The van der Waals surface area contributed by atoms with Crippen molar-refractivity contribution in [1.82, 2.24) is 5.32 Å². The fourth-order valence-corrected chi connectivity index (χ4v) is 1.80. The van der Waals surface area contributed by atoms with Gasteiger partial charge in [-0.25, -0.2) is 9.59 Å². The summed E-state index contributed by atoms with van der Waals surface area (Å²) >= 11 is 0. The molecule has 0 saturated carbocycles. The molecule has 1 aromatic rings. The number of nitrogens with zero attached hydrogens (tertiary/aromatic N) is 1. The number of methoxy groups -OCH3 is 1. The molecule has 0 unspecified atom stereocenters. The summed E-state index contributed by atoms with van der Waals surface area (Å²) in [6, 6.07) is 5.14. The zero-order valence-corrected chi connectivity index (χ0v) is 13.5. The molecule has 1 N–H and O–H groups in total. The van der Waals surface area contributed by atoms with Crippen LogP contribution in [0.4, 0.5) is 4.79 Å². The highest BCUT2D eigenvalue weighted by Gasteiger charge is 2.24. The van der Waals surface area contributed by atoms with Crippen molar-refractivity contribution in [2.45, 2.75) is 32.4 Å². The fraction of sp³-hybridized carbons (Fsp3) is 0.467. The number of rotatable bonds is 5. The molecule has 0 aliphatic rings. The molecule has 1 amide bonds. The van der Waals surface area contributed by atoms with Crippen molar-refractivity contribution in [2.24, 2.45) is 0 Å². The van der Waals surface area contributed by atoms with Crippen LogP contribution < -0.4 is 5.32 Å². The summed E-state index contributed by atoms with van der Waals surface area (Å²) < 4.78 is 9.69. The number of ether oxygens (including phenoxy) is 2. The zero-order valence-electron chi connectivity index (χ0n) is 13.5. The first kappa shape index (κ1) is 18.4. The van der Waals surface area contributed by atoms with E-state index in [4.69, 9.17) is 4.74 Å². The van der Waals surface area contributed by atoms with Crippen molar-refractivity contribution in [3.63, 3.8) is 0 Å². The molecule has 0 aliphatic carbocycles. The molecule has 0 heterocycles. The molecule has 0 radical (unpaired) electrons. The van der Waals surface area contributed by atoms with Crippen LogP contribution in [0.5, 0.6) is 0 Å². The summed E-state index contributed by atoms with van der Waals surface area (Å²) in [6.07, 6.45) is -0.749. The molecule has 0 spiro atoms. The van der Waals surface area contributed by atoms with Crippen LogP contribution in [0.3, 0.4) is 0 Å². The minimum absolute atomic E-state index is 0.313. The highest BCUT2D eigenvalue weighted by Crippen LogP contribution is 2.16. The van der Waals surface area contributed by atoms with Crippen molar-refractivity contribution < 1.29 is 24.0 Å². The van der Waals surface area contributed by atoms with E-state index < -0.39 is 35.2 Å². The molecule has 1 atom stereocenters. The van der Waals surface area contributed by atoms with E-state index in [2.05, 4.69) is 10.1 Å². The van der Waals surface area contributed by atoms with Gasteiger partial charge < -0.3 is 14.8 Å². The van der Waals surface area contributed by atoms with E-state index in [1.807, 2.05) is 0 Å². The number of hydrogen-bond acceptors (Lipinski definition) is 6. The van der Waals surface area contributed by atoms with E-state index in [-0.39, 0.29) is 0 Å². The van der Waals surface area contributed by atoms with Crippen molar-refractivity contribution in [1.29, 1.82) is 0 Å². The Bertz CT molecular complexity index is 577. The Morgan fingerprint density at radius 2 is 1.83 bits per heavy atom. The van der Waals surface area contributed by atoms with Gasteiger partial charge in [-0.1, -0.05) is 12.1 Å². The Kier molecular flexibility index (Phi) is 6.06. The second-order valence-electron chi connectivity index (χ2n) is 5.83. The number of esters is 1. The van der Waals surface area contributed by atoms with Crippen LogP contribution in [0.15, 0.2) is 24.3 Å². The van der Waals surface area contributed by atoms with Gasteiger partial charge in [0.25, 0.3) is 0 Å². The lowest BCUT2D eigenvalue weighted by atomic mass is 10.0. The molecule has 8 heteroatoms. The number of nitro groups is 1. The summed E-state index contributed by atoms with van der Waals surface area (Å²) in [4.78, 5) is 33.5. The predicted octanol–water partition coefficient (Wildman–Crippen LogP) is 2.32. The Hall–Kier alpha value is -2.64. The average Bonchev–Trinajstić information content (AvgIpc) is 2.43. The number of nitrogens with one attached hydrogen (secondary N) is 1. The van der Waals surface area contributed by atoms with E-state index in [0.717, 1.165) is 0 Å². The van der Waals surface area contributed by atoms with Gasteiger partial charge in [-0.15, -0.1) is 0 Å². The molecule has 0 bridgehead atoms. The first-order chi connectivity index (χ1) is 10.6. The Labute approximate surface area is 133 Å². The maximum absolute atomic E-state index is 11.8. The van der Waals surface area contributed by atoms with Crippen LogP contribution in [0, 0.1) is 10.1 Å². The summed E-state index contributed by atoms with van der Waals surface area (Å²) in [5.41, 5.74) is 0.0893. The summed E-state index contributed by atoms with van der Waals surface area (Å²) in [5, 5.41) is 13.3. The van der Waals surface area contributed by atoms with Gasteiger partial charge in [0.15, 0.2) is 0 Å². The number of benzene rings is 1. The lowest BCUT2D eigenvalue weighted by molar-refractivity contribution is -0.484. The lowest BCUT2D eigenvalue weighted by Gasteiger charge is -2.22. The van der Waals surface area contributed by atoms with Gasteiger partial charge in [-0.3, -0.25) is 10.1 Å². The first-order valence-electron chi connectivity index (χ1n) is 6.92. The van der Waals surface area contributed by atoms with Gasteiger partial charge in [0.1, 0.15) is 11.6 Å². The van der Waals surface area contributed by atoms with Gasteiger partial charge in [-0.2, -0.15) is 0 Å². The van der Waals surface area contributed by atoms with Gasteiger partial charge in [-0.05, 0) is 38.5 Å². The van der Waals surface area contributed by atoms with Crippen molar-refractivity contribution in [3.8, 4) is 0 Å². The molecule has 1 aromatic carbocycles. The predicted molar refractivity (Wildman–Crippen MR) is 81.8 cm³/mol. The van der Waals surface area contributed by atoms with Gasteiger partial charge >= 0.3 is 12.1 Å². The first-order valence-corrected chi connectivity index (χ1v) is 6.92. The monoisotopic (exact) mass is 324 g/mol. The van der Waals surface area contributed by atoms with Crippen molar-refractivity contribution >= 4 is 12.1 Å². The third-order valence-electron chi connectivity index (χ3n) is 2.76. The van der Waals surface area contributed by atoms with E-state index in [9.17, 15) is 19.7 Å². The largest absolute Gasteiger partial charge is 0.465 e. The minimum Gasteiger partial charge on any atom is -0.465 e. The number of carbonyl (C=O) groups is 2. The quantitative estimate of drug-likeness (QED) is 0.506. The topological polar surface area (TPSA) is 108 Å². The Morgan fingerprint density at radius 1 is 1.26 bits per heavy atom. The maximum Gasteiger partial charge on any atom is 0.408 e. The molecule has 0 saturated heterocycles. The van der Waals surface area contributed by atoms with E-state index in [1.165, 1.54) is 31.4 Å². The van der Waals surface area contributed by atoms with Crippen LogP contribution >= 0.6 is 0 Å². The molecular weight excluding hydrogens is 304 g/mol. The van der Waals surface area contributed by atoms with Crippen molar-refractivity contribution in [2.75, 3.05) is 13.7 Å². The zero-order chi connectivity index (χ0) is 17.6. The standard InChI is InChI=1S/C15H20N2O6/c1-15(2,3)23-14(19)16-12(9-17(20)21)10-5-7-11(8-6-10)13(18)22-4/h5-8,12H,9H2,1-4H3,(H,16,19)/t12-/m1/s1. The average molecular weight is 324 g/mol. The SMILES string of the molecule is COC(=O)c1ccc([C@@H](C[N+](=O)[O-])NC(=O)OC(C)(C)C)cc1. The molecule has 126 valence electrons. The third-order valence-corrected chi connectivity index (χ3v) is 2.76. The highest BCUT2D eigenvalue weighted by atomic mass is 16.6. The van der Waals surface area contributed by atoms with Crippen LogP contribution in [0.1, 0.15) is 42.7 Å². The number of carbonyl (C=O) groups excluding carboxylic acids is 2. The van der Waals surface area contributed by atoms with E-state index in [0.29, 0.717) is 11.1 Å². The molecule has 0 fully saturated rings. The van der Waals surface area contributed by atoms with Crippen LogP contribution in [-0.2, 0) is 9.47 Å². The Morgan fingerprint density at radius 3 is 2.26 bits per heavy atom. The number of alkyl carbamates (subject to hydrolysis) is 1. The van der Waals surface area contributed by atoms with Crippen LogP contribution in [-0.4, -0.2) is 36.2 Å². The second-order valence-corrected chi connectivity index (χ2v) is 5.83. The molecule has 8 nitrogen and oxygen atoms in total. The lowest BCUT2D eigenvalue weighted by Crippen LogP contribution is -2.37. The molecular formula is C15H20N2O6. The van der Waals surface area contributed by atoms with Crippen LogP contribution in [0.2, 0.25) is 0 Å². The van der Waals surface area contributed by atoms with Gasteiger partial charge in [0, 0.05) is 4.92 Å². The van der Waals surface area contributed by atoms with Gasteiger partial charge in [0.05, 0.1) is 12.7 Å². The van der Waals surface area contributed by atoms with Crippen molar-refractivity contribution in [3.05, 3.63) is 45.5 Å². The highest BCUT2D eigenvalue weighted by molar-refractivity contribution is 5.89. The normalized spacial score (nSPS) is 12.2. The van der Waals surface area contributed by atoms with E-state index >= 15 is 0 Å². The van der Waals surface area contributed by atoms with Crippen LogP contribution in [0.25, 0.3) is 0 Å². The third kappa shape index (κ3) is 6.33.